The lowest BCUT2D eigenvalue weighted by Crippen LogP contribution is -2.65. The molecule has 0 N–H and O–H groups in total. The van der Waals surface area contributed by atoms with Crippen LogP contribution in [-0.4, -0.2) is 128 Å². The molecule has 0 spiro atoms. The molecular formula is C27H78O11Si13. The van der Waals surface area contributed by atoms with Crippen molar-refractivity contribution in [3.05, 3.63) is 10.0 Å². The third kappa shape index (κ3) is 22.3. The van der Waals surface area contributed by atoms with Gasteiger partial charge in [-0.2, -0.15) is 0 Å². The SMILES string of the molecule is CCC([SiH3])OC(=O)C(=C([Si](C)(O[SiH2]O[Si](C)(C)C)O[Si](C)(C)C)[Si](C)(O[SiH2]O[Si](C)(C)C)O[Si](C)(C)C)[Si](C)(O[SiH2]O[Si](C)(C)C)O[Si](C)(C)C. The number of ether oxygens (including phenoxy) is 1. The summed E-state index contributed by atoms with van der Waals surface area (Å²) in [6.07, 6.45) is 0.712. The van der Waals surface area contributed by atoms with E-state index in [1.165, 1.54) is 0 Å². The Hall–Kier alpha value is 1.67. The topological polar surface area (TPSA) is 109 Å². The third-order valence-corrected chi connectivity index (χ3v) is 46.5. The van der Waals surface area contributed by atoms with Gasteiger partial charge in [0.1, 0.15) is 0 Å². The average molecular weight is 944 g/mol. The molecule has 0 aromatic rings. The Morgan fingerprint density at radius 3 is 1.00 bits per heavy atom. The Morgan fingerprint density at radius 1 is 0.471 bits per heavy atom. The highest BCUT2D eigenvalue weighted by atomic mass is 28.5. The monoisotopic (exact) mass is 942 g/mol. The van der Waals surface area contributed by atoms with Crippen LogP contribution in [0, 0.1) is 0 Å². The highest BCUT2D eigenvalue weighted by molar-refractivity contribution is 7.06. The molecule has 0 bridgehead atoms. The summed E-state index contributed by atoms with van der Waals surface area (Å²) in [5.74, 6) is -0.440. The zero-order chi connectivity index (χ0) is 40.7. The van der Waals surface area contributed by atoms with Gasteiger partial charge in [0, 0.05) is 4.82 Å². The number of rotatable bonds is 24. The minimum Gasteiger partial charge on any atom is -0.464 e. The van der Waals surface area contributed by atoms with Gasteiger partial charge in [0.05, 0.1) is 21.2 Å². The van der Waals surface area contributed by atoms with Crippen molar-refractivity contribution in [1.29, 1.82) is 0 Å². The minimum absolute atomic E-state index is 0.206. The molecule has 4 atom stereocenters. The van der Waals surface area contributed by atoms with Crippen LogP contribution in [0.5, 0.6) is 0 Å². The van der Waals surface area contributed by atoms with Crippen LogP contribution in [0.25, 0.3) is 0 Å². The molecule has 304 valence electrons. The van der Waals surface area contributed by atoms with E-state index in [0.29, 0.717) is 26.7 Å². The predicted octanol–water partition coefficient (Wildman–Crippen LogP) is 4.92. The van der Waals surface area contributed by atoms with Crippen LogP contribution in [0.3, 0.4) is 0 Å². The van der Waals surface area contributed by atoms with Crippen molar-refractivity contribution in [2.24, 2.45) is 0 Å². The first-order valence-corrected chi connectivity index (χ1v) is 50.3. The maximum atomic E-state index is 15.2. The van der Waals surface area contributed by atoms with Gasteiger partial charge >= 0.3 is 31.7 Å². The van der Waals surface area contributed by atoms with Crippen molar-refractivity contribution in [1.82, 2.24) is 0 Å². The molecule has 0 aliphatic carbocycles. The molecule has 51 heavy (non-hydrogen) atoms. The molecular weight excluding hydrogens is 865 g/mol. The van der Waals surface area contributed by atoms with Gasteiger partial charge in [0.25, 0.3) is 30.0 Å². The van der Waals surface area contributed by atoms with Crippen LogP contribution in [0.1, 0.15) is 13.3 Å². The number of hydrogen-bond acceptors (Lipinski definition) is 11. The van der Waals surface area contributed by atoms with E-state index in [1.54, 1.807) is 0 Å². The van der Waals surface area contributed by atoms with Crippen molar-refractivity contribution in [3.63, 3.8) is 0 Å². The van der Waals surface area contributed by atoms with Gasteiger partial charge < -0.3 is 41.8 Å². The van der Waals surface area contributed by atoms with Crippen LogP contribution >= 0.6 is 0 Å². The minimum atomic E-state index is -3.65. The number of carbonyl (C=O) groups excluding carboxylic acids is 1. The molecule has 0 saturated carbocycles. The summed E-state index contributed by atoms with van der Waals surface area (Å²) < 4.78 is 68.9. The molecule has 0 aliphatic heterocycles. The summed E-state index contributed by atoms with van der Waals surface area (Å²) in [6.45, 7) is 46.9. The summed E-state index contributed by atoms with van der Waals surface area (Å²) in [7, 11) is -27.8. The lowest BCUT2D eigenvalue weighted by atomic mass is 10.5. The summed E-state index contributed by atoms with van der Waals surface area (Å²) in [5, 5.41) is 0.398. The summed E-state index contributed by atoms with van der Waals surface area (Å²) in [4.78, 5) is 15.9. The second kappa shape index (κ2) is 19.9. The second-order valence-corrected chi connectivity index (χ2v) is 63.8. The summed E-state index contributed by atoms with van der Waals surface area (Å²) >= 11 is 0. The molecule has 0 saturated heterocycles. The van der Waals surface area contributed by atoms with Crippen molar-refractivity contribution in [3.8, 4) is 0 Å². The van der Waals surface area contributed by atoms with E-state index in [1.807, 2.05) is 13.5 Å². The normalized spacial score (nSPS) is 18.8. The van der Waals surface area contributed by atoms with Crippen LogP contribution in [0.15, 0.2) is 10.0 Å². The van der Waals surface area contributed by atoms with E-state index in [4.69, 9.17) is 41.8 Å². The van der Waals surface area contributed by atoms with Crippen LogP contribution < -0.4 is 0 Å². The maximum absolute atomic E-state index is 15.2. The van der Waals surface area contributed by atoms with Crippen molar-refractivity contribution < 1.29 is 46.6 Å². The van der Waals surface area contributed by atoms with Crippen LogP contribution in [0.2, 0.25) is 137 Å². The van der Waals surface area contributed by atoms with Gasteiger partial charge in [0.2, 0.25) is 0 Å². The highest BCUT2D eigenvalue weighted by Crippen LogP contribution is 2.40. The molecule has 0 radical (unpaired) electrons. The number of esters is 1. The summed E-state index contributed by atoms with van der Waals surface area (Å²) in [5.41, 5.74) is -0.206. The van der Waals surface area contributed by atoms with Crippen molar-refractivity contribution >= 4 is 122 Å². The molecule has 0 aliphatic rings. The third-order valence-electron chi connectivity index (χ3n) is 6.68. The summed E-state index contributed by atoms with van der Waals surface area (Å²) in [6, 6.07) is 0. The van der Waals surface area contributed by atoms with Crippen LogP contribution in [-0.2, 0) is 46.6 Å². The second-order valence-electron chi connectivity index (χ2n) is 19.4. The number of hydrogen-bond donors (Lipinski definition) is 0. The largest absolute Gasteiger partial charge is 0.464 e. The quantitative estimate of drug-likeness (QED) is 0.0749. The Labute approximate surface area is 332 Å². The molecule has 0 aromatic carbocycles. The number of carbonyl (C=O) groups is 1. The van der Waals surface area contributed by atoms with Crippen LogP contribution in [0.4, 0.5) is 0 Å². The predicted molar refractivity (Wildman–Crippen MR) is 247 cm³/mol. The lowest BCUT2D eigenvalue weighted by molar-refractivity contribution is -0.140. The maximum Gasteiger partial charge on any atom is 0.356 e. The van der Waals surface area contributed by atoms with E-state index in [-0.39, 0.29) is 5.73 Å². The van der Waals surface area contributed by atoms with Crippen molar-refractivity contribution in [2.45, 2.75) is 157 Å². The molecule has 24 heteroatoms. The Morgan fingerprint density at radius 2 is 0.745 bits per heavy atom. The van der Waals surface area contributed by atoms with E-state index in [9.17, 15) is 0 Å². The average Bonchev–Trinajstić information content (AvgIpc) is 2.80. The van der Waals surface area contributed by atoms with Gasteiger partial charge in [-0.1, -0.05) is 6.92 Å². The first-order valence-electron chi connectivity index (χ1n) is 18.3. The Kier molecular flexibility index (Phi) is 20.5. The van der Waals surface area contributed by atoms with Gasteiger partial charge in [-0.05, 0) is 144 Å². The first-order chi connectivity index (χ1) is 22.4. The van der Waals surface area contributed by atoms with E-state index >= 15 is 4.79 Å². The lowest BCUT2D eigenvalue weighted by Gasteiger charge is -2.47. The molecule has 11 nitrogen and oxygen atoms in total. The first kappa shape index (κ1) is 52.7. The van der Waals surface area contributed by atoms with Gasteiger partial charge in [-0.15, -0.1) is 0 Å². The van der Waals surface area contributed by atoms with Crippen molar-refractivity contribution in [2.75, 3.05) is 0 Å². The highest BCUT2D eigenvalue weighted by Gasteiger charge is 2.61. The van der Waals surface area contributed by atoms with Gasteiger partial charge in [-0.25, -0.2) is 4.79 Å². The molecule has 0 heterocycles. The smallest absolute Gasteiger partial charge is 0.356 e. The zero-order valence-electron chi connectivity index (χ0n) is 36.9. The van der Waals surface area contributed by atoms with Gasteiger partial charge in [0.15, 0.2) is 49.9 Å². The van der Waals surface area contributed by atoms with Gasteiger partial charge in [-0.3, -0.25) is 0 Å². The fraction of sp³-hybridized carbons (Fsp3) is 0.889. The molecule has 0 fully saturated rings. The fourth-order valence-electron chi connectivity index (χ4n) is 4.87. The molecule has 0 aromatic heterocycles. The Balaban J connectivity index is 8.78. The fourth-order valence-corrected chi connectivity index (χ4v) is 43.8. The molecule has 4 unspecified atom stereocenters. The zero-order valence-corrected chi connectivity index (χ0v) is 52.1. The van der Waals surface area contributed by atoms with E-state index in [0.717, 1.165) is 0 Å². The van der Waals surface area contributed by atoms with E-state index < -0.39 is 112 Å². The molecule has 0 rings (SSSR count). The van der Waals surface area contributed by atoms with E-state index in [2.05, 4.69) is 131 Å². The standard InChI is InChI=1S/C27H78O11Si13/c1-23-24(39)29-26(28)25(49(20,36-46(11,12)13)33-40-30-43(2,3)4)27(50(21,37-47(14,15)16)34-41-31-44(5,6)7)51(22,38-48(17,18)19)35-42-32-45(8,9)10/h24H,23,40-42H2,1-22,39H3. The Bertz CT molecular complexity index is 1090. The molecule has 0 amide bonds.